The second-order valence-corrected chi connectivity index (χ2v) is 17.3. The van der Waals surface area contributed by atoms with Crippen LogP contribution in [0.2, 0.25) is 0 Å². The molecule has 0 radical (unpaired) electrons. The second-order valence-electron chi connectivity index (χ2n) is 14.5. The van der Waals surface area contributed by atoms with Gasteiger partial charge in [0, 0.05) is 34.3 Å². The van der Waals surface area contributed by atoms with Crippen molar-refractivity contribution in [2.75, 3.05) is 10.6 Å². The summed E-state index contributed by atoms with van der Waals surface area (Å²) in [6, 6.07) is 19.1. The van der Waals surface area contributed by atoms with Gasteiger partial charge in [-0.05, 0) is 121 Å². The van der Waals surface area contributed by atoms with Gasteiger partial charge in [-0.15, -0.1) is 10.2 Å². The molecule has 0 spiro atoms. The second kappa shape index (κ2) is 17.7. The van der Waals surface area contributed by atoms with E-state index < -0.39 is 93.8 Å². The van der Waals surface area contributed by atoms with Gasteiger partial charge in [0.05, 0.1) is 22.5 Å². The van der Waals surface area contributed by atoms with Gasteiger partial charge in [-0.1, -0.05) is 0 Å². The summed E-state index contributed by atoms with van der Waals surface area (Å²) in [5.74, 6) is -6.35. The summed E-state index contributed by atoms with van der Waals surface area (Å²) in [5, 5.41) is 71.6. The number of carbonyl (C=O) groups excluding carboxylic acids is 2. The van der Waals surface area contributed by atoms with Gasteiger partial charge >= 0.3 is 11.9 Å². The van der Waals surface area contributed by atoms with E-state index >= 15 is 0 Å². The molecule has 67 heavy (non-hydrogen) atoms. The molecule has 1 heterocycles. The van der Waals surface area contributed by atoms with E-state index in [0.29, 0.717) is 11.1 Å². The smallest absolute Gasteiger partial charge is 0.335 e. The first-order valence-corrected chi connectivity index (χ1v) is 21.8. The number of pyridine rings is 1. The largest absolute Gasteiger partial charge is 0.508 e. The minimum absolute atomic E-state index is 0.00401. The van der Waals surface area contributed by atoms with Crippen molar-refractivity contribution in [3.05, 3.63) is 131 Å². The molecule has 7 rings (SSSR count). The maximum atomic E-state index is 13.4. The van der Waals surface area contributed by atoms with Crippen LogP contribution in [0.25, 0.3) is 21.5 Å². The molecule has 9 N–H and O–H groups in total. The highest BCUT2D eigenvalue weighted by atomic mass is 32.2. The molecule has 1 aromatic heterocycles. The maximum Gasteiger partial charge on any atom is 0.335 e. The average Bonchev–Trinajstić information content (AvgIpc) is 3.25. The molecule has 0 saturated heterocycles. The Morgan fingerprint density at radius 3 is 1.25 bits per heavy atom. The number of benzene rings is 6. The summed E-state index contributed by atoms with van der Waals surface area (Å²) in [7, 11) is -10.1. The first-order chi connectivity index (χ1) is 31.5. The Labute approximate surface area is 376 Å². The molecule has 22 nitrogen and oxygen atoms in total. The van der Waals surface area contributed by atoms with Crippen molar-refractivity contribution in [1.82, 2.24) is 4.98 Å². The summed E-state index contributed by atoms with van der Waals surface area (Å²) in [4.78, 5) is 51.7. The van der Waals surface area contributed by atoms with Crippen molar-refractivity contribution in [3.63, 3.8) is 0 Å². The van der Waals surface area contributed by atoms with E-state index in [1.165, 1.54) is 86.6 Å². The predicted octanol–water partition coefficient (Wildman–Crippen LogP) is 8.35. The number of nitrogens with zero attached hydrogens (tertiary/aromatic N) is 5. The van der Waals surface area contributed by atoms with Crippen LogP contribution in [0.15, 0.2) is 127 Å². The van der Waals surface area contributed by atoms with Gasteiger partial charge in [-0.25, -0.2) is 14.6 Å². The fourth-order valence-corrected chi connectivity index (χ4v) is 7.91. The lowest BCUT2D eigenvalue weighted by Crippen LogP contribution is -2.18. The first kappa shape index (κ1) is 46.3. The Bertz CT molecular complexity index is 3370. The Morgan fingerprint density at radius 1 is 0.522 bits per heavy atom. The van der Waals surface area contributed by atoms with Gasteiger partial charge in [0.2, 0.25) is 0 Å². The minimum atomic E-state index is -5.06. The van der Waals surface area contributed by atoms with Gasteiger partial charge in [-0.2, -0.15) is 27.1 Å². The first-order valence-electron chi connectivity index (χ1n) is 18.9. The Balaban J connectivity index is 1.13. The molecule has 2 amide bonds. The number of phenolic OH excluding ortho intramolecular Hbond substituents is 2. The number of rotatable bonds is 12. The number of hydrogen-bond acceptors (Lipinski definition) is 16. The zero-order chi connectivity index (χ0) is 48.7. The van der Waals surface area contributed by atoms with Gasteiger partial charge in [0.1, 0.15) is 38.3 Å². The van der Waals surface area contributed by atoms with Crippen molar-refractivity contribution in [1.29, 1.82) is 0 Å². The number of aryl methyl sites for hydroxylation is 2. The number of anilines is 2. The summed E-state index contributed by atoms with van der Waals surface area (Å²) >= 11 is 0. The fourth-order valence-electron chi connectivity index (χ4n) is 6.59. The lowest BCUT2D eigenvalue weighted by atomic mass is 10.1. The maximum absolute atomic E-state index is 13.4. The molecular formula is C43H31N7O15S2. The lowest BCUT2D eigenvalue weighted by molar-refractivity contribution is 0.0686. The molecule has 0 atom stereocenters. The van der Waals surface area contributed by atoms with Crippen LogP contribution in [0.5, 0.6) is 17.2 Å². The van der Waals surface area contributed by atoms with Gasteiger partial charge in [-0.3, -0.25) is 18.7 Å². The number of aromatic nitrogens is 1. The number of aromatic carboxylic acids is 2. The lowest BCUT2D eigenvalue weighted by Gasteiger charge is -2.12. The number of aromatic hydroxyl groups is 3. The Kier molecular flexibility index (Phi) is 12.2. The molecule has 0 saturated carbocycles. The summed E-state index contributed by atoms with van der Waals surface area (Å²) in [6.45, 7) is 3.06. The van der Waals surface area contributed by atoms with Crippen LogP contribution >= 0.6 is 0 Å². The highest BCUT2D eigenvalue weighted by molar-refractivity contribution is 7.86. The van der Waals surface area contributed by atoms with Crippen LogP contribution < -0.4 is 10.6 Å². The van der Waals surface area contributed by atoms with Crippen molar-refractivity contribution in [3.8, 4) is 17.2 Å². The molecule has 0 aliphatic rings. The molecular weight excluding hydrogens is 919 g/mol. The van der Waals surface area contributed by atoms with Crippen LogP contribution in [0, 0.1) is 13.8 Å². The quantitative estimate of drug-likeness (QED) is 0.0410. The number of phenols is 2. The average molecular weight is 950 g/mol. The van der Waals surface area contributed by atoms with Crippen LogP contribution in [0.4, 0.5) is 34.1 Å². The number of amides is 2. The molecule has 24 heteroatoms. The van der Waals surface area contributed by atoms with E-state index in [0.717, 1.165) is 24.3 Å². The summed E-state index contributed by atoms with van der Waals surface area (Å²) in [5.41, 5.74) is -1.35. The van der Waals surface area contributed by atoms with Crippen molar-refractivity contribution < 1.29 is 70.7 Å². The molecule has 0 unspecified atom stereocenters. The number of azo groups is 2. The van der Waals surface area contributed by atoms with E-state index in [1.54, 1.807) is 0 Å². The van der Waals surface area contributed by atoms with E-state index in [2.05, 4.69) is 36.1 Å². The molecule has 0 aliphatic heterocycles. The van der Waals surface area contributed by atoms with Crippen molar-refractivity contribution in [2.45, 2.75) is 23.6 Å². The van der Waals surface area contributed by atoms with Gasteiger partial charge in [0.15, 0.2) is 11.5 Å². The highest BCUT2D eigenvalue weighted by Crippen LogP contribution is 2.44. The highest BCUT2D eigenvalue weighted by Gasteiger charge is 2.25. The number of carboxylic acids is 2. The summed E-state index contributed by atoms with van der Waals surface area (Å²) < 4.78 is 69.8. The topological polar surface area (TPSA) is 365 Å². The third-order valence-electron chi connectivity index (χ3n) is 9.85. The predicted molar refractivity (Wildman–Crippen MR) is 237 cm³/mol. The number of fused-ring (bicyclic) bond motifs is 2. The third-order valence-corrected chi connectivity index (χ3v) is 11.6. The SMILES string of the molecule is Cc1cc(C(=O)O)ccc1N=Nc1c(S(=O)(=O)O)cc2cc(NC(=O)c3cc(O)cc(C(=O)Nc4ccc5c(O)c(N=Nc6ccc(C(=O)O)cc6C)c(S(=O)(=O)O)cc5c4)n3)ccc2c1O. The van der Waals surface area contributed by atoms with E-state index in [9.17, 15) is 70.7 Å². The Hall–Kier alpha value is -8.71. The molecule has 6 aromatic carbocycles. The standard InChI is InChI=1S/C43H31N7O15S2/c1-19-11-21(42(56)57)3-9-30(19)47-49-36-34(66(60,61)62)15-23-13-25(5-7-28(23)38(36)52)44-40(54)32-17-27(51)18-33(46-32)41(55)45-26-6-8-29-24(14-26)16-35(67(63,64)65)37(39(29)53)50-48-31-10-4-22(43(58)59)12-20(31)2/h3-18,52-53H,1-2H3,(H,44,54)(H,45,55)(H,46,51)(H,56,57)(H,58,59)(H,60,61,62)(H,63,64,65). The van der Waals surface area contributed by atoms with E-state index in [1.807, 2.05) is 0 Å². The van der Waals surface area contributed by atoms with Gasteiger partial charge in [0.25, 0.3) is 32.1 Å². The third kappa shape index (κ3) is 9.86. The van der Waals surface area contributed by atoms with Crippen LogP contribution in [-0.2, 0) is 20.2 Å². The molecule has 0 aliphatic carbocycles. The fraction of sp³-hybridized carbons (Fsp3) is 0.0465. The zero-order valence-electron chi connectivity index (χ0n) is 34.2. The zero-order valence-corrected chi connectivity index (χ0v) is 35.8. The monoisotopic (exact) mass is 949 g/mol. The van der Waals surface area contributed by atoms with Crippen molar-refractivity contribution in [2.24, 2.45) is 20.5 Å². The molecule has 7 aromatic rings. The van der Waals surface area contributed by atoms with Gasteiger partial charge < -0.3 is 36.2 Å². The minimum Gasteiger partial charge on any atom is -0.508 e. The van der Waals surface area contributed by atoms with E-state index in [-0.39, 0.29) is 55.4 Å². The van der Waals surface area contributed by atoms with Crippen molar-refractivity contribution >= 4 is 99.7 Å². The number of carbonyl (C=O) groups is 4. The normalized spacial score (nSPS) is 11.9. The molecule has 340 valence electrons. The van der Waals surface area contributed by atoms with E-state index in [4.69, 9.17) is 0 Å². The van der Waals surface area contributed by atoms with Crippen LogP contribution in [0.1, 0.15) is 52.8 Å². The molecule has 0 bridgehead atoms. The Morgan fingerprint density at radius 2 is 0.910 bits per heavy atom. The number of nitrogens with one attached hydrogen (secondary N) is 2. The molecule has 0 fully saturated rings. The van der Waals surface area contributed by atoms with Crippen LogP contribution in [0.3, 0.4) is 0 Å². The summed E-state index contributed by atoms with van der Waals surface area (Å²) in [6.07, 6.45) is 0. The number of hydrogen-bond donors (Lipinski definition) is 9. The number of carboxylic acid groups (broad SMARTS) is 2. The van der Waals surface area contributed by atoms with Crippen LogP contribution in [-0.4, -0.2) is 80.2 Å².